The van der Waals surface area contributed by atoms with Crippen molar-refractivity contribution < 1.29 is 13.9 Å². The summed E-state index contributed by atoms with van der Waals surface area (Å²) in [5.74, 6) is -1.47. The number of aliphatic hydroxyl groups is 1. The predicted octanol–water partition coefficient (Wildman–Crippen LogP) is 2.76. The molecule has 1 aromatic carbocycles. The molecule has 1 aliphatic heterocycles. The van der Waals surface area contributed by atoms with Crippen molar-refractivity contribution in [3.8, 4) is 0 Å². The first-order valence-corrected chi connectivity index (χ1v) is 6.42. The van der Waals surface area contributed by atoms with Crippen molar-refractivity contribution in [2.45, 2.75) is 18.9 Å². The second-order valence-corrected chi connectivity index (χ2v) is 5.14. The molecule has 0 radical (unpaired) electrons. The smallest absolute Gasteiger partial charge is 0.146 e. The molecule has 2 nitrogen and oxygen atoms in total. The van der Waals surface area contributed by atoms with Crippen LogP contribution in [-0.4, -0.2) is 18.2 Å². The van der Waals surface area contributed by atoms with Gasteiger partial charge in [0.15, 0.2) is 0 Å². The minimum atomic E-state index is -1.07. The molecular weight excluding hydrogens is 292 g/mol. The highest BCUT2D eigenvalue weighted by atomic mass is 79.9. The van der Waals surface area contributed by atoms with E-state index in [9.17, 15) is 13.9 Å². The Balaban J connectivity index is 2.29. The second-order valence-electron chi connectivity index (χ2n) is 4.29. The summed E-state index contributed by atoms with van der Waals surface area (Å²) in [4.78, 5) is 0. The Bertz CT molecular complexity index is 408. The SMILES string of the molecule is OC(c1c(F)ccc(Br)c1F)C1CCNCC1. The number of hydrogen-bond donors (Lipinski definition) is 2. The van der Waals surface area contributed by atoms with Crippen molar-refractivity contribution in [2.24, 2.45) is 5.92 Å². The fourth-order valence-corrected chi connectivity index (χ4v) is 2.56. The highest BCUT2D eigenvalue weighted by Gasteiger charge is 2.28. The van der Waals surface area contributed by atoms with Crippen LogP contribution in [0.15, 0.2) is 16.6 Å². The Kier molecular flexibility index (Phi) is 4.12. The number of benzene rings is 1. The Morgan fingerprint density at radius 1 is 1.29 bits per heavy atom. The van der Waals surface area contributed by atoms with Gasteiger partial charge in [-0.1, -0.05) is 0 Å². The summed E-state index contributed by atoms with van der Waals surface area (Å²) in [5.41, 5.74) is -0.216. The second kappa shape index (κ2) is 5.42. The summed E-state index contributed by atoms with van der Waals surface area (Å²) < 4.78 is 27.6. The first-order chi connectivity index (χ1) is 8.11. The van der Waals surface area contributed by atoms with E-state index in [2.05, 4.69) is 21.2 Å². The van der Waals surface area contributed by atoms with Gasteiger partial charge in [0.25, 0.3) is 0 Å². The van der Waals surface area contributed by atoms with Gasteiger partial charge in [-0.2, -0.15) is 0 Å². The molecule has 1 aromatic rings. The van der Waals surface area contributed by atoms with Gasteiger partial charge in [0, 0.05) is 0 Å². The molecular formula is C12H14BrF2NO. The van der Waals surface area contributed by atoms with E-state index in [1.807, 2.05) is 0 Å². The van der Waals surface area contributed by atoms with Crippen molar-refractivity contribution in [1.82, 2.24) is 5.32 Å². The van der Waals surface area contributed by atoms with Crippen LogP contribution in [0.3, 0.4) is 0 Å². The van der Waals surface area contributed by atoms with Crippen molar-refractivity contribution in [3.05, 3.63) is 33.8 Å². The van der Waals surface area contributed by atoms with Gasteiger partial charge in [-0.15, -0.1) is 0 Å². The third-order valence-corrected chi connectivity index (χ3v) is 3.82. The van der Waals surface area contributed by atoms with E-state index < -0.39 is 17.7 Å². The molecule has 94 valence electrons. The molecule has 17 heavy (non-hydrogen) atoms. The number of rotatable bonds is 2. The Hall–Kier alpha value is -0.520. The van der Waals surface area contributed by atoms with Crippen molar-refractivity contribution in [1.29, 1.82) is 0 Å². The van der Waals surface area contributed by atoms with E-state index >= 15 is 0 Å². The van der Waals surface area contributed by atoms with Crippen LogP contribution in [0.25, 0.3) is 0 Å². The lowest BCUT2D eigenvalue weighted by Gasteiger charge is -2.28. The Morgan fingerprint density at radius 2 is 1.94 bits per heavy atom. The molecule has 0 amide bonds. The number of aliphatic hydroxyl groups excluding tert-OH is 1. The summed E-state index contributed by atoms with van der Waals surface area (Å²) in [6.45, 7) is 1.55. The first kappa shape index (κ1) is 12.9. The van der Waals surface area contributed by atoms with Gasteiger partial charge in [-0.05, 0) is 59.9 Å². The number of halogens is 3. The molecule has 0 spiro atoms. The van der Waals surface area contributed by atoms with Crippen LogP contribution in [0.4, 0.5) is 8.78 Å². The highest BCUT2D eigenvalue weighted by molar-refractivity contribution is 9.10. The summed E-state index contributed by atoms with van der Waals surface area (Å²) in [6.07, 6.45) is 0.383. The maximum Gasteiger partial charge on any atom is 0.146 e. The molecule has 1 heterocycles. The zero-order valence-electron chi connectivity index (χ0n) is 9.22. The van der Waals surface area contributed by atoms with Crippen LogP contribution in [0.2, 0.25) is 0 Å². The quantitative estimate of drug-likeness (QED) is 0.824. The lowest BCUT2D eigenvalue weighted by molar-refractivity contribution is 0.0819. The lowest BCUT2D eigenvalue weighted by Crippen LogP contribution is -2.31. The molecule has 1 fully saturated rings. The van der Waals surface area contributed by atoms with Crippen molar-refractivity contribution in [3.63, 3.8) is 0 Å². The molecule has 0 bridgehead atoms. The van der Waals surface area contributed by atoms with E-state index in [1.165, 1.54) is 12.1 Å². The third-order valence-electron chi connectivity index (χ3n) is 3.21. The molecule has 5 heteroatoms. The maximum absolute atomic E-state index is 13.8. The summed E-state index contributed by atoms with van der Waals surface area (Å²) in [6, 6.07) is 2.48. The largest absolute Gasteiger partial charge is 0.388 e. The summed E-state index contributed by atoms with van der Waals surface area (Å²) in [5, 5.41) is 13.3. The summed E-state index contributed by atoms with van der Waals surface area (Å²) in [7, 11) is 0. The average molecular weight is 306 g/mol. The third kappa shape index (κ3) is 2.67. The van der Waals surface area contributed by atoms with E-state index in [1.54, 1.807) is 0 Å². The van der Waals surface area contributed by atoms with Crippen LogP contribution in [-0.2, 0) is 0 Å². The molecule has 0 aromatic heterocycles. The minimum Gasteiger partial charge on any atom is -0.388 e. The van der Waals surface area contributed by atoms with Gasteiger partial charge >= 0.3 is 0 Å². The molecule has 0 aliphatic carbocycles. The highest BCUT2D eigenvalue weighted by Crippen LogP contribution is 2.34. The zero-order chi connectivity index (χ0) is 12.4. The molecule has 1 unspecified atom stereocenters. The van der Waals surface area contributed by atoms with E-state index in [0.29, 0.717) is 0 Å². The van der Waals surface area contributed by atoms with E-state index in [0.717, 1.165) is 25.9 Å². The van der Waals surface area contributed by atoms with Gasteiger partial charge in [0.1, 0.15) is 11.6 Å². The lowest BCUT2D eigenvalue weighted by atomic mass is 9.88. The van der Waals surface area contributed by atoms with Gasteiger partial charge < -0.3 is 10.4 Å². The van der Waals surface area contributed by atoms with Crippen LogP contribution < -0.4 is 5.32 Å². The zero-order valence-corrected chi connectivity index (χ0v) is 10.8. The fraction of sp³-hybridized carbons (Fsp3) is 0.500. The van der Waals surface area contributed by atoms with Crippen molar-refractivity contribution >= 4 is 15.9 Å². The van der Waals surface area contributed by atoms with Gasteiger partial charge in [-0.3, -0.25) is 0 Å². The van der Waals surface area contributed by atoms with Gasteiger partial charge in [0.2, 0.25) is 0 Å². The Morgan fingerprint density at radius 3 is 2.59 bits per heavy atom. The first-order valence-electron chi connectivity index (χ1n) is 5.63. The number of hydrogen-bond acceptors (Lipinski definition) is 2. The maximum atomic E-state index is 13.8. The van der Waals surface area contributed by atoms with Crippen LogP contribution in [0.5, 0.6) is 0 Å². The standard InChI is InChI=1S/C12H14BrF2NO/c13-8-1-2-9(14)10(11(8)15)12(17)7-3-5-16-6-4-7/h1-2,7,12,16-17H,3-6H2. The van der Waals surface area contributed by atoms with Crippen LogP contribution in [0, 0.1) is 17.6 Å². The minimum absolute atomic E-state index is 0.0884. The van der Waals surface area contributed by atoms with E-state index in [-0.39, 0.29) is 16.0 Å². The number of piperidine rings is 1. The molecule has 1 aliphatic rings. The Labute approximate surface area is 107 Å². The van der Waals surface area contributed by atoms with Gasteiger partial charge in [0.05, 0.1) is 16.1 Å². The van der Waals surface area contributed by atoms with Gasteiger partial charge in [-0.25, -0.2) is 8.78 Å². The fourth-order valence-electron chi connectivity index (χ4n) is 2.21. The molecule has 1 atom stereocenters. The van der Waals surface area contributed by atoms with Crippen LogP contribution >= 0.6 is 15.9 Å². The van der Waals surface area contributed by atoms with E-state index in [4.69, 9.17) is 0 Å². The normalized spacial score (nSPS) is 19.3. The van der Waals surface area contributed by atoms with Crippen molar-refractivity contribution in [2.75, 3.05) is 13.1 Å². The molecule has 2 N–H and O–H groups in total. The molecule has 1 saturated heterocycles. The monoisotopic (exact) mass is 305 g/mol. The predicted molar refractivity (Wildman–Crippen MR) is 64.6 cm³/mol. The molecule has 2 rings (SSSR count). The summed E-state index contributed by atoms with van der Waals surface area (Å²) >= 11 is 3.01. The number of nitrogens with one attached hydrogen (secondary N) is 1. The van der Waals surface area contributed by atoms with Crippen LogP contribution in [0.1, 0.15) is 24.5 Å². The molecule has 0 saturated carbocycles. The average Bonchev–Trinajstić information content (AvgIpc) is 2.35. The topological polar surface area (TPSA) is 32.3 Å².